The minimum absolute atomic E-state index is 0.0453. The maximum absolute atomic E-state index is 12.4. The first-order valence-corrected chi connectivity index (χ1v) is 7.01. The highest BCUT2D eigenvalue weighted by Gasteiger charge is 2.23. The Morgan fingerprint density at radius 3 is 2.71 bits per heavy atom. The molecule has 7 nitrogen and oxygen atoms in total. The van der Waals surface area contributed by atoms with Crippen LogP contribution in [0.25, 0.3) is 0 Å². The van der Waals surface area contributed by atoms with Gasteiger partial charge in [0.2, 0.25) is 0 Å². The van der Waals surface area contributed by atoms with E-state index in [1.54, 1.807) is 7.05 Å². The molecule has 1 aliphatic rings. The lowest BCUT2D eigenvalue weighted by Gasteiger charge is -2.21. The van der Waals surface area contributed by atoms with Crippen molar-refractivity contribution in [2.75, 3.05) is 39.0 Å². The summed E-state index contributed by atoms with van der Waals surface area (Å²) in [4.78, 5) is 26.6. The van der Waals surface area contributed by atoms with Crippen molar-refractivity contribution in [3.63, 3.8) is 0 Å². The standard InChI is InChI=1S/C14H20N4O3/c1-16(8-9-17-6-2-3-7-17)14(19)12-10-11(15)4-5-13(12)18(20)21/h4-5,10H,2-3,6-9,15H2,1H3. The van der Waals surface area contributed by atoms with Crippen molar-refractivity contribution in [2.45, 2.75) is 12.8 Å². The van der Waals surface area contributed by atoms with Crippen LogP contribution in [0, 0.1) is 10.1 Å². The van der Waals surface area contributed by atoms with Crippen LogP contribution in [-0.4, -0.2) is 53.9 Å². The largest absolute Gasteiger partial charge is 0.399 e. The number of likely N-dealkylation sites (N-methyl/N-ethyl adjacent to an activating group) is 1. The van der Waals surface area contributed by atoms with E-state index in [2.05, 4.69) is 4.90 Å². The van der Waals surface area contributed by atoms with E-state index in [4.69, 9.17) is 5.73 Å². The van der Waals surface area contributed by atoms with Gasteiger partial charge in [0.1, 0.15) is 5.56 Å². The first-order chi connectivity index (χ1) is 9.99. The van der Waals surface area contributed by atoms with Crippen LogP contribution >= 0.6 is 0 Å². The first-order valence-electron chi connectivity index (χ1n) is 7.01. The first kappa shape index (κ1) is 15.2. The topological polar surface area (TPSA) is 92.7 Å². The van der Waals surface area contributed by atoms with Crippen molar-refractivity contribution >= 4 is 17.3 Å². The number of nitrogen functional groups attached to an aromatic ring is 1. The zero-order valence-corrected chi connectivity index (χ0v) is 12.1. The highest BCUT2D eigenvalue weighted by atomic mass is 16.6. The Morgan fingerprint density at radius 2 is 2.10 bits per heavy atom. The van der Waals surface area contributed by atoms with Crippen LogP contribution in [-0.2, 0) is 0 Å². The number of rotatable bonds is 5. The monoisotopic (exact) mass is 292 g/mol. The molecule has 7 heteroatoms. The molecule has 0 aliphatic carbocycles. The molecule has 21 heavy (non-hydrogen) atoms. The Balaban J connectivity index is 2.07. The van der Waals surface area contributed by atoms with Gasteiger partial charge in [-0.2, -0.15) is 0 Å². The summed E-state index contributed by atoms with van der Waals surface area (Å²) >= 11 is 0. The second-order valence-corrected chi connectivity index (χ2v) is 5.31. The molecule has 2 rings (SSSR count). The van der Waals surface area contributed by atoms with Crippen molar-refractivity contribution in [2.24, 2.45) is 0 Å². The fraction of sp³-hybridized carbons (Fsp3) is 0.500. The number of amides is 1. The van der Waals surface area contributed by atoms with Crippen LogP contribution in [0.5, 0.6) is 0 Å². The summed E-state index contributed by atoms with van der Waals surface area (Å²) in [6.07, 6.45) is 2.39. The van der Waals surface area contributed by atoms with Crippen LogP contribution in [0.15, 0.2) is 18.2 Å². The Morgan fingerprint density at radius 1 is 1.43 bits per heavy atom. The minimum atomic E-state index is -0.555. The number of hydrogen-bond acceptors (Lipinski definition) is 5. The fourth-order valence-corrected chi connectivity index (χ4v) is 2.49. The molecule has 0 spiro atoms. The molecule has 1 fully saturated rings. The quantitative estimate of drug-likeness (QED) is 0.502. The smallest absolute Gasteiger partial charge is 0.282 e. The van der Waals surface area contributed by atoms with Gasteiger partial charge in [-0.05, 0) is 38.1 Å². The number of hydrogen-bond donors (Lipinski definition) is 1. The molecule has 114 valence electrons. The number of carbonyl (C=O) groups is 1. The zero-order valence-electron chi connectivity index (χ0n) is 12.1. The van der Waals surface area contributed by atoms with Crippen LogP contribution < -0.4 is 5.73 Å². The molecule has 1 aromatic rings. The van der Waals surface area contributed by atoms with E-state index in [0.717, 1.165) is 19.6 Å². The third kappa shape index (κ3) is 3.69. The van der Waals surface area contributed by atoms with E-state index in [9.17, 15) is 14.9 Å². The molecule has 2 N–H and O–H groups in total. The molecule has 1 amide bonds. The van der Waals surface area contributed by atoms with Gasteiger partial charge in [-0.15, -0.1) is 0 Å². The third-order valence-corrected chi connectivity index (χ3v) is 3.74. The van der Waals surface area contributed by atoms with E-state index >= 15 is 0 Å². The van der Waals surface area contributed by atoms with Crippen molar-refractivity contribution in [1.29, 1.82) is 0 Å². The number of nitro benzene ring substituents is 1. The van der Waals surface area contributed by atoms with Gasteiger partial charge in [0.25, 0.3) is 11.6 Å². The zero-order chi connectivity index (χ0) is 15.4. The lowest BCUT2D eigenvalue weighted by Crippen LogP contribution is -2.35. The van der Waals surface area contributed by atoms with Gasteiger partial charge in [-0.1, -0.05) is 0 Å². The lowest BCUT2D eigenvalue weighted by atomic mass is 10.1. The Kier molecular flexibility index (Phi) is 4.74. The summed E-state index contributed by atoms with van der Waals surface area (Å²) in [7, 11) is 1.66. The average molecular weight is 292 g/mol. The molecule has 0 atom stereocenters. The van der Waals surface area contributed by atoms with Crippen LogP contribution in [0.4, 0.5) is 11.4 Å². The number of nitro groups is 1. The molecule has 1 aliphatic heterocycles. The summed E-state index contributed by atoms with van der Waals surface area (Å²) in [5.74, 6) is -0.367. The molecule has 0 radical (unpaired) electrons. The predicted octanol–water partition coefficient (Wildman–Crippen LogP) is 1.34. The Bertz CT molecular complexity index is 541. The normalized spacial score (nSPS) is 15.1. The molecule has 0 bridgehead atoms. The second kappa shape index (κ2) is 6.53. The SMILES string of the molecule is CN(CCN1CCCC1)C(=O)c1cc(N)ccc1[N+](=O)[O-]. The summed E-state index contributed by atoms with van der Waals surface area (Å²) in [6.45, 7) is 3.45. The Labute approximate surface area is 123 Å². The van der Waals surface area contributed by atoms with E-state index in [1.807, 2.05) is 0 Å². The third-order valence-electron chi connectivity index (χ3n) is 3.74. The molecule has 1 heterocycles. The number of benzene rings is 1. The van der Waals surface area contributed by atoms with Crippen molar-refractivity contribution in [1.82, 2.24) is 9.80 Å². The molecule has 1 saturated heterocycles. The predicted molar refractivity (Wildman–Crippen MR) is 80.1 cm³/mol. The van der Waals surface area contributed by atoms with Crippen LogP contribution in [0.1, 0.15) is 23.2 Å². The van der Waals surface area contributed by atoms with E-state index < -0.39 is 4.92 Å². The van der Waals surface area contributed by atoms with Gasteiger partial charge in [0.15, 0.2) is 0 Å². The van der Waals surface area contributed by atoms with Crippen LogP contribution in [0.3, 0.4) is 0 Å². The van der Waals surface area contributed by atoms with E-state index in [-0.39, 0.29) is 17.2 Å². The summed E-state index contributed by atoms with van der Waals surface area (Å²) in [6, 6.07) is 4.07. The van der Waals surface area contributed by atoms with E-state index in [0.29, 0.717) is 12.2 Å². The Hall–Kier alpha value is -2.15. The van der Waals surface area contributed by atoms with Gasteiger partial charge in [-0.25, -0.2) is 0 Å². The van der Waals surface area contributed by atoms with Gasteiger partial charge in [0.05, 0.1) is 4.92 Å². The summed E-state index contributed by atoms with van der Waals surface area (Å²) < 4.78 is 0. The molecule has 1 aromatic carbocycles. The molecular formula is C14H20N4O3. The van der Waals surface area contributed by atoms with Crippen molar-refractivity contribution in [3.05, 3.63) is 33.9 Å². The number of likely N-dealkylation sites (tertiary alicyclic amines) is 1. The van der Waals surface area contributed by atoms with Gasteiger partial charge in [-0.3, -0.25) is 14.9 Å². The maximum Gasteiger partial charge on any atom is 0.282 e. The molecular weight excluding hydrogens is 272 g/mol. The van der Waals surface area contributed by atoms with Gasteiger partial charge < -0.3 is 15.5 Å². The molecule has 0 saturated carbocycles. The highest BCUT2D eigenvalue weighted by Crippen LogP contribution is 2.22. The number of nitrogens with zero attached hydrogens (tertiary/aromatic N) is 3. The number of carbonyl (C=O) groups excluding carboxylic acids is 1. The van der Waals surface area contributed by atoms with Gasteiger partial charge in [0, 0.05) is 31.9 Å². The molecule has 0 unspecified atom stereocenters. The fourth-order valence-electron chi connectivity index (χ4n) is 2.49. The van der Waals surface area contributed by atoms with Crippen molar-refractivity contribution in [3.8, 4) is 0 Å². The summed E-state index contributed by atoms with van der Waals surface area (Å²) in [5.41, 5.74) is 5.82. The maximum atomic E-state index is 12.4. The highest BCUT2D eigenvalue weighted by molar-refractivity contribution is 5.98. The van der Waals surface area contributed by atoms with Gasteiger partial charge >= 0.3 is 0 Å². The summed E-state index contributed by atoms with van der Waals surface area (Å²) in [5, 5.41) is 11.0. The second-order valence-electron chi connectivity index (χ2n) is 5.31. The number of nitrogens with two attached hydrogens (primary N) is 1. The average Bonchev–Trinajstić information content (AvgIpc) is 2.96. The lowest BCUT2D eigenvalue weighted by molar-refractivity contribution is -0.385. The minimum Gasteiger partial charge on any atom is -0.399 e. The number of anilines is 1. The van der Waals surface area contributed by atoms with E-state index in [1.165, 1.54) is 35.9 Å². The molecule has 0 aromatic heterocycles. The van der Waals surface area contributed by atoms with Crippen LogP contribution in [0.2, 0.25) is 0 Å². The van der Waals surface area contributed by atoms with Crippen molar-refractivity contribution < 1.29 is 9.72 Å².